The Balaban J connectivity index is 2.45. The highest BCUT2D eigenvalue weighted by atomic mass is 79.9. The van der Waals surface area contributed by atoms with Gasteiger partial charge in [-0.15, -0.1) is 0 Å². The van der Waals surface area contributed by atoms with Gasteiger partial charge in [0, 0.05) is 15.0 Å². The molecule has 0 aliphatic carbocycles. The SMILES string of the molecule is N#Cc1c(Br)cccc1Oc1cc(Cl)c(Br)cc1Cl. The molecule has 0 saturated heterocycles. The van der Waals surface area contributed by atoms with Crippen molar-refractivity contribution in [1.29, 1.82) is 5.26 Å². The topological polar surface area (TPSA) is 33.0 Å². The zero-order chi connectivity index (χ0) is 14.0. The molecule has 0 heterocycles. The molecular weight excluding hydrogens is 417 g/mol. The van der Waals surface area contributed by atoms with Gasteiger partial charge in [-0.25, -0.2) is 0 Å². The van der Waals surface area contributed by atoms with E-state index in [1.165, 1.54) is 0 Å². The van der Waals surface area contributed by atoms with Crippen molar-refractivity contribution in [3.63, 3.8) is 0 Å². The maximum Gasteiger partial charge on any atom is 0.147 e. The molecule has 2 rings (SSSR count). The molecule has 0 spiro atoms. The summed E-state index contributed by atoms with van der Waals surface area (Å²) in [6, 6.07) is 10.5. The number of hydrogen-bond acceptors (Lipinski definition) is 2. The lowest BCUT2D eigenvalue weighted by Crippen LogP contribution is -1.90. The molecule has 0 unspecified atom stereocenters. The molecule has 0 radical (unpaired) electrons. The maximum absolute atomic E-state index is 9.12. The van der Waals surface area contributed by atoms with Crippen molar-refractivity contribution >= 4 is 55.1 Å². The number of ether oxygens (including phenoxy) is 1. The monoisotopic (exact) mass is 419 g/mol. The van der Waals surface area contributed by atoms with Gasteiger partial charge in [-0.1, -0.05) is 29.3 Å². The van der Waals surface area contributed by atoms with Crippen molar-refractivity contribution in [2.24, 2.45) is 0 Å². The van der Waals surface area contributed by atoms with Crippen LogP contribution in [0.2, 0.25) is 10.0 Å². The highest BCUT2D eigenvalue weighted by Crippen LogP contribution is 2.38. The van der Waals surface area contributed by atoms with Crippen LogP contribution in [0.3, 0.4) is 0 Å². The highest BCUT2D eigenvalue weighted by molar-refractivity contribution is 9.10. The van der Waals surface area contributed by atoms with E-state index in [0.29, 0.717) is 36.1 Å². The fraction of sp³-hybridized carbons (Fsp3) is 0. The van der Waals surface area contributed by atoms with Gasteiger partial charge in [-0.3, -0.25) is 0 Å². The second-order valence-electron chi connectivity index (χ2n) is 3.52. The average Bonchev–Trinajstić information content (AvgIpc) is 2.36. The van der Waals surface area contributed by atoms with E-state index in [9.17, 15) is 0 Å². The lowest BCUT2D eigenvalue weighted by molar-refractivity contribution is 0.481. The van der Waals surface area contributed by atoms with Crippen molar-refractivity contribution in [3.8, 4) is 17.6 Å². The van der Waals surface area contributed by atoms with Crippen LogP contribution in [-0.4, -0.2) is 0 Å². The molecular formula is C13H5Br2Cl2NO. The second-order valence-corrected chi connectivity index (χ2v) is 6.05. The molecule has 0 fully saturated rings. The molecule has 0 aliphatic heterocycles. The number of hydrogen-bond donors (Lipinski definition) is 0. The Morgan fingerprint density at radius 1 is 1.00 bits per heavy atom. The first-order valence-corrected chi connectivity index (χ1v) is 7.38. The van der Waals surface area contributed by atoms with E-state index in [1.807, 2.05) is 0 Å². The van der Waals surface area contributed by atoms with Crippen LogP contribution in [0, 0.1) is 11.3 Å². The summed E-state index contributed by atoms with van der Waals surface area (Å²) in [5.74, 6) is 0.807. The van der Waals surface area contributed by atoms with Gasteiger partial charge < -0.3 is 4.74 Å². The van der Waals surface area contributed by atoms with Crippen molar-refractivity contribution in [3.05, 3.63) is 54.9 Å². The minimum absolute atomic E-state index is 0.393. The Kier molecular flexibility index (Phi) is 4.75. The quantitative estimate of drug-likeness (QED) is 0.542. The summed E-state index contributed by atoms with van der Waals surface area (Å²) in [7, 11) is 0. The number of nitriles is 1. The summed E-state index contributed by atoms with van der Waals surface area (Å²) in [5.41, 5.74) is 0.401. The van der Waals surface area contributed by atoms with E-state index < -0.39 is 0 Å². The van der Waals surface area contributed by atoms with Crippen LogP contribution in [0.1, 0.15) is 5.56 Å². The van der Waals surface area contributed by atoms with Gasteiger partial charge in [-0.2, -0.15) is 5.26 Å². The van der Waals surface area contributed by atoms with Crippen molar-refractivity contribution in [2.75, 3.05) is 0 Å². The average molecular weight is 422 g/mol. The van der Waals surface area contributed by atoms with E-state index in [4.69, 9.17) is 33.2 Å². The zero-order valence-corrected chi connectivity index (χ0v) is 13.9. The van der Waals surface area contributed by atoms with Gasteiger partial charge >= 0.3 is 0 Å². The molecule has 2 aromatic rings. The predicted octanol–water partition coefficient (Wildman–Crippen LogP) is 6.18. The molecule has 19 heavy (non-hydrogen) atoms. The summed E-state index contributed by atoms with van der Waals surface area (Å²) in [5, 5.41) is 10.0. The summed E-state index contributed by atoms with van der Waals surface area (Å²) in [6.45, 7) is 0. The normalized spacial score (nSPS) is 10.1. The van der Waals surface area contributed by atoms with E-state index in [-0.39, 0.29) is 0 Å². The van der Waals surface area contributed by atoms with Gasteiger partial charge in [0.1, 0.15) is 23.1 Å². The van der Waals surface area contributed by atoms with E-state index in [1.54, 1.807) is 30.3 Å². The van der Waals surface area contributed by atoms with E-state index in [0.717, 1.165) is 0 Å². The van der Waals surface area contributed by atoms with Crippen LogP contribution in [-0.2, 0) is 0 Å². The zero-order valence-electron chi connectivity index (χ0n) is 9.25. The fourth-order valence-corrected chi connectivity index (χ4v) is 2.67. The summed E-state index contributed by atoms with van der Waals surface area (Å²) in [6.07, 6.45) is 0. The molecule has 0 atom stereocenters. The predicted molar refractivity (Wildman–Crippen MR) is 83.1 cm³/mol. The highest BCUT2D eigenvalue weighted by Gasteiger charge is 2.12. The summed E-state index contributed by atoms with van der Waals surface area (Å²) in [4.78, 5) is 0. The third-order valence-corrected chi connectivity index (χ3v) is 4.44. The molecule has 0 N–H and O–H groups in total. The van der Waals surface area contributed by atoms with Crippen LogP contribution in [0.4, 0.5) is 0 Å². The number of rotatable bonds is 2. The van der Waals surface area contributed by atoms with E-state index >= 15 is 0 Å². The van der Waals surface area contributed by atoms with Gasteiger partial charge in [0.05, 0.1) is 10.0 Å². The van der Waals surface area contributed by atoms with Gasteiger partial charge in [0.15, 0.2) is 0 Å². The largest absolute Gasteiger partial charge is 0.454 e. The summed E-state index contributed by atoms with van der Waals surface area (Å²) >= 11 is 18.6. The van der Waals surface area contributed by atoms with Gasteiger partial charge in [0.25, 0.3) is 0 Å². The van der Waals surface area contributed by atoms with Crippen molar-refractivity contribution < 1.29 is 4.74 Å². The first-order valence-electron chi connectivity index (χ1n) is 5.04. The number of nitrogens with zero attached hydrogens (tertiary/aromatic N) is 1. The molecule has 0 bridgehead atoms. The Hall–Kier alpha value is -0.730. The smallest absolute Gasteiger partial charge is 0.147 e. The number of halogens is 4. The van der Waals surface area contributed by atoms with Crippen LogP contribution >= 0.6 is 55.1 Å². The summed E-state index contributed by atoms with van der Waals surface area (Å²) < 4.78 is 7.00. The Labute approximate surface area is 137 Å². The molecule has 96 valence electrons. The number of benzene rings is 2. The second kappa shape index (κ2) is 6.15. The molecule has 2 nitrogen and oxygen atoms in total. The third kappa shape index (κ3) is 3.24. The van der Waals surface area contributed by atoms with Crippen LogP contribution < -0.4 is 4.74 Å². The van der Waals surface area contributed by atoms with Crippen LogP contribution in [0.15, 0.2) is 39.3 Å². The molecule has 0 amide bonds. The molecule has 6 heteroatoms. The molecule has 0 aliphatic rings. The van der Waals surface area contributed by atoms with Crippen LogP contribution in [0.5, 0.6) is 11.5 Å². The Morgan fingerprint density at radius 2 is 1.74 bits per heavy atom. The maximum atomic E-state index is 9.12. The van der Waals surface area contributed by atoms with Crippen molar-refractivity contribution in [2.45, 2.75) is 0 Å². The Bertz CT molecular complexity index is 683. The third-order valence-electron chi connectivity index (χ3n) is 2.28. The fourth-order valence-electron chi connectivity index (χ4n) is 1.40. The lowest BCUT2D eigenvalue weighted by atomic mass is 10.2. The minimum Gasteiger partial charge on any atom is -0.454 e. The molecule has 0 saturated carbocycles. The Morgan fingerprint density at radius 3 is 2.42 bits per heavy atom. The van der Waals surface area contributed by atoms with E-state index in [2.05, 4.69) is 37.9 Å². The van der Waals surface area contributed by atoms with Crippen molar-refractivity contribution in [1.82, 2.24) is 0 Å². The molecule has 0 aromatic heterocycles. The first kappa shape index (κ1) is 14.7. The lowest BCUT2D eigenvalue weighted by Gasteiger charge is -2.10. The van der Waals surface area contributed by atoms with Gasteiger partial charge in [0.2, 0.25) is 0 Å². The van der Waals surface area contributed by atoms with Crippen LogP contribution in [0.25, 0.3) is 0 Å². The first-order chi connectivity index (χ1) is 9.02. The standard InChI is InChI=1S/C13H5Br2Cl2NO/c14-8-2-1-3-12(7(8)6-18)19-13-5-10(16)9(15)4-11(13)17/h1-5H. The van der Waals surface area contributed by atoms with Gasteiger partial charge in [-0.05, 0) is 50.1 Å². The molecule has 2 aromatic carbocycles. The minimum atomic E-state index is 0.393.